The molecule has 0 aromatic heterocycles. The lowest BCUT2D eigenvalue weighted by Crippen LogP contribution is -2.23. The number of hydrogen-bond acceptors (Lipinski definition) is 3. The van der Waals surface area contributed by atoms with E-state index in [2.05, 4.69) is 12.2 Å². The van der Waals surface area contributed by atoms with E-state index in [1.807, 2.05) is 13.0 Å². The fourth-order valence-electron chi connectivity index (χ4n) is 2.66. The van der Waals surface area contributed by atoms with Crippen LogP contribution in [0.1, 0.15) is 38.2 Å². The average molecular weight is 248 g/mol. The Hall–Kier alpha value is -1.58. The number of aryl methyl sites for hydroxylation is 1. The summed E-state index contributed by atoms with van der Waals surface area (Å²) in [7, 11) is 0. The van der Waals surface area contributed by atoms with Gasteiger partial charge in [-0.05, 0) is 36.8 Å². The maximum atomic E-state index is 11.0. The smallest absolute Gasteiger partial charge is 0.292 e. The Balaban J connectivity index is 2.12. The molecule has 0 unspecified atom stereocenters. The summed E-state index contributed by atoms with van der Waals surface area (Å²) in [5.41, 5.74) is 2.15. The Labute approximate surface area is 108 Å². The van der Waals surface area contributed by atoms with E-state index in [1.165, 1.54) is 25.7 Å². The molecule has 0 radical (unpaired) electrons. The topological polar surface area (TPSA) is 55.2 Å². The molecule has 98 valence electrons. The zero-order chi connectivity index (χ0) is 13.2. The van der Waals surface area contributed by atoms with E-state index < -0.39 is 0 Å². The predicted octanol–water partition coefficient (Wildman–Crippen LogP) is 3.90. The molecular weight excluding hydrogens is 228 g/mol. The molecule has 0 aliphatic heterocycles. The van der Waals surface area contributed by atoms with Crippen LogP contribution in [0.4, 0.5) is 11.4 Å². The third-order valence-electron chi connectivity index (χ3n) is 3.87. The lowest BCUT2D eigenvalue weighted by Gasteiger charge is -2.24. The zero-order valence-electron chi connectivity index (χ0n) is 11.0. The van der Waals surface area contributed by atoms with E-state index in [-0.39, 0.29) is 16.0 Å². The van der Waals surface area contributed by atoms with Gasteiger partial charge in [0, 0.05) is 12.6 Å². The van der Waals surface area contributed by atoms with E-state index in [9.17, 15) is 10.1 Å². The van der Waals surface area contributed by atoms with Crippen LogP contribution < -0.4 is 5.32 Å². The first-order valence-corrected chi connectivity index (χ1v) is 6.49. The summed E-state index contributed by atoms with van der Waals surface area (Å²) in [4.78, 5) is 10.7. The van der Waals surface area contributed by atoms with Crippen LogP contribution in [0.15, 0.2) is 18.2 Å². The van der Waals surface area contributed by atoms with Gasteiger partial charge in [-0.2, -0.15) is 0 Å². The van der Waals surface area contributed by atoms with Crippen molar-refractivity contribution >= 4 is 11.4 Å². The van der Waals surface area contributed by atoms with Crippen molar-refractivity contribution in [3.05, 3.63) is 33.9 Å². The molecule has 1 aromatic carbocycles. The first kappa shape index (κ1) is 12.9. The number of anilines is 1. The molecule has 1 aliphatic carbocycles. The largest absolute Gasteiger partial charge is 0.379 e. The molecular formula is C14H20N2O2. The molecule has 0 amide bonds. The average Bonchev–Trinajstić information content (AvgIpc) is 2.74. The molecule has 0 bridgehead atoms. The third-order valence-corrected chi connectivity index (χ3v) is 3.87. The summed E-state index contributed by atoms with van der Waals surface area (Å²) in [6.07, 6.45) is 4.96. The van der Waals surface area contributed by atoms with Crippen molar-refractivity contribution < 1.29 is 4.92 Å². The predicted molar refractivity (Wildman–Crippen MR) is 72.9 cm³/mol. The van der Waals surface area contributed by atoms with Gasteiger partial charge in [-0.15, -0.1) is 0 Å². The molecule has 2 rings (SSSR count). The Morgan fingerprint density at radius 1 is 1.39 bits per heavy atom. The van der Waals surface area contributed by atoms with Gasteiger partial charge in [-0.25, -0.2) is 0 Å². The summed E-state index contributed by atoms with van der Waals surface area (Å²) < 4.78 is 0. The summed E-state index contributed by atoms with van der Waals surface area (Å²) in [5, 5.41) is 14.3. The minimum Gasteiger partial charge on any atom is -0.379 e. The molecule has 18 heavy (non-hydrogen) atoms. The number of nitrogens with one attached hydrogen (secondary N) is 1. The second kappa shape index (κ2) is 4.96. The van der Waals surface area contributed by atoms with Crippen molar-refractivity contribution in [2.45, 2.75) is 39.5 Å². The normalized spacial score (nSPS) is 17.7. The highest BCUT2D eigenvalue weighted by Crippen LogP contribution is 2.38. The van der Waals surface area contributed by atoms with Crippen LogP contribution in [0.2, 0.25) is 0 Å². The number of nitrogens with zero attached hydrogens (tertiary/aromatic N) is 1. The molecule has 4 nitrogen and oxygen atoms in total. The van der Waals surface area contributed by atoms with Gasteiger partial charge < -0.3 is 5.32 Å². The molecule has 4 heteroatoms. The van der Waals surface area contributed by atoms with Gasteiger partial charge in [0.1, 0.15) is 5.69 Å². The lowest BCUT2D eigenvalue weighted by molar-refractivity contribution is -0.384. The van der Waals surface area contributed by atoms with Crippen molar-refractivity contribution in [1.82, 2.24) is 0 Å². The number of benzene rings is 1. The highest BCUT2D eigenvalue weighted by atomic mass is 16.6. The third kappa shape index (κ3) is 2.81. The Morgan fingerprint density at radius 3 is 2.67 bits per heavy atom. The second-order valence-electron chi connectivity index (χ2n) is 5.65. The van der Waals surface area contributed by atoms with Gasteiger partial charge >= 0.3 is 0 Å². The van der Waals surface area contributed by atoms with Crippen LogP contribution in [0, 0.1) is 22.5 Å². The Morgan fingerprint density at radius 2 is 2.06 bits per heavy atom. The first-order valence-electron chi connectivity index (χ1n) is 6.49. The SMILES string of the molecule is Cc1ccc([N+](=O)[O-])c(NCC2(C)CCCC2)c1. The van der Waals surface area contributed by atoms with Crippen molar-refractivity contribution in [2.24, 2.45) is 5.41 Å². The fraction of sp³-hybridized carbons (Fsp3) is 0.571. The van der Waals surface area contributed by atoms with Crippen LogP contribution in [0.5, 0.6) is 0 Å². The molecule has 0 saturated heterocycles. The highest BCUT2D eigenvalue weighted by molar-refractivity contribution is 5.62. The zero-order valence-corrected chi connectivity index (χ0v) is 11.0. The summed E-state index contributed by atoms with van der Waals surface area (Å²) in [6, 6.07) is 5.21. The number of hydrogen-bond donors (Lipinski definition) is 1. The summed E-state index contributed by atoms with van der Waals surface area (Å²) >= 11 is 0. The van der Waals surface area contributed by atoms with Gasteiger partial charge in [-0.1, -0.05) is 25.8 Å². The minimum atomic E-state index is -0.321. The van der Waals surface area contributed by atoms with Crippen molar-refractivity contribution in [2.75, 3.05) is 11.9 Å². The minimum absolute atomic E-state index is 0.169. The van der Waals surface area contributed by atoms with E-state index in [0.29, 0.717) is 5.69 Å². The van der Waals surface area contributed by atoms with E-state index >= 15 is 0 Å². The molecule has 1 saturated carbocycles. The number of nitro benzene ring substituents is 1. The Kier molecular flexibility index (Phi) is 3.55. The number of nitro groups is 1. The second-order valence-corrected chi connectivity index (χ2v) is 5.65. The van der Waals surface area contributed by atoms with Crippen molar-refractivity contribution in [3.8, 4) is 0 Å². The fourth-order valence-corrected chi connectivity index (χ4v) is 2.66. The molecule has 0 heterocycles. The first-order chi connectivity index (χ1) is 8.50. The maximum absolute atomic E-state index is 11.0. The molecule has 1 N–H and O–H groups in total. The van der Waals surface area contributed by atoms with Crippen molar-refractivity contribution in [3.63, 3.8) is 0 Å². The van der Waals surface area contributed by atoms with E-state index in [0.717, 1.165) is 12.1 Å². The molecule has 1 aliphatic rings. The lowest BCUT2D eigenvalue weighted by atomic mass is 9.89. The van der Waals surface area contributed by atoms with Gasteiger partial charge in [0.25, 0.3) is 5.69 Å². The maximum Gasteiger partial charge on any atom is 0.292 e. The van der Waals surface area contributed by atoms with Gasteiger partial charge in [0.2, 0.25) is 0 Å². The van der Waals surface area contributed by atoms with Gasteiger partial charge in [-0.3, -0.25) is 10.1 Å². The Bertz CT molecular complexity index is 451. The molecule has 0 atom stereocenters. The molecule has 0 spiro atoms. The van der Waals surface area contributed by atoms with Gasteiger partial charge in [0.15, 0.2) is 0 Å². The summed E-state index contributed by atoms with van der Waals surface area (Å²) in [6.45, 7) is 5.03. The molecule has 1 fully saturated rings. The quantitative estimate of drug-likeness (QED) is 0.649. The van der Waals surface area contributed by atoms with E-state index in [4.69, 9.17) is 0 Å². The van der Waals surface area contributed by atoms with Crippen molar-refractivity contribution in [1.29, 1.82) is 0 Å². The van der Waals surface area contributed by atoms with Crippen LogP contribution >= 0.6 is 0 Å². The summed E-state index contributed by atoms with van der Waals surface area (Å²) in [5.74, 6) is 0. The number of rotatable bonds is 4. The van der Waals surface area contributed by atoms with Crippen LogP contribution in [-0.4, -0.2) is 11.5 Å². The highest BCUT2D eigenvalue weighted by Gasteiger charge is 2.29. The van der Waals surface area contributed by atoms with E-state index in [1.54, 1.807) is 12.1 Å². The van der Waals surface area contributed by atoms with Crippen LogP contribution in [0.3, 0.4) is 0 Å². The van der Waals surface area contributed by atoms with Gasteiger partial charge in [0.05, 0.1) is 4.92 Å². The van der Waals surface area contributed by atoms with Crippen LogP contribution in [0.25, 0.3) is 0 Å². The van der Waals surface area contributed by atoms with Crippen LogP contribution in [-0.2, 0) is 0 Å². The molecule has 1 aromatic rings. The monoisotopic (exact) mass is 248 g/mol. The standard InChI is InChI=1S/C14H20N2O2/c1-11-5-6-13(16(17)18)12(9-11)15-10-14(2)7-3-4-8-14/h5-6,9,15H,3-4,7-8,10H2,1-2H3.